The molecule has 166 valence electrons. The minimum atomic E-state index is 0.185. The van der Waals surface area contributed by atoms with Crippen LogP contribution in [-0.2, 0) is 11.2 Å². The zero-order valence-corrected chi connectivity index (χ0v) is 19.3. The third kappa shape index (κ3) is 5.77. The fourth-order valence-corrected chi connectivity index (χ4v) is 4.04. The van der Waals surface area contributed by atoms with Gasteiger partial charge in [-0.05, 0) is 50.1 Å². The van der Waals surface area contributed by atoms with Crippen LogP contribution in [0.25, 0.3) is 0 Å². The highest BCUT2D eigenvalue weighted by molar-refractivity contribution is 6.30. The second kappa shape index (κ2) is 10.0. The Morgan fingerprint density at radius 3 is 2.47 bits per heavy atom. The first kappa shape index (κ1) is 22.1. The van der Waals surface area contributed by atoms with Crippen LogP contribution >= 0.6 is 11.6 Å². The van der Waals surface area contributed by atoms with E-state index in [2.05, 4.69) is 34.3 Å². The maximum atomic E-state index is 12.7. The molecule has 1 aliphatic rings. The molecule has 0 atom stereocenters. The van der Waals surface area contributed by atoms with E-state index >= 15 is 0 Å². The van der Waals surface area contributed by atoms with Gasteiger partial charge in [0.1, 0.15) is 5.82 Å². The van der Waals surface area contributed by atoms with Gasteiger partial charge in [0.15, 0.2) is 0 Å². The molecule has 3 aromatic rings. The van der Waals surface area contributed by atoms with Crippen molar-refractivity contribution >= 4 is 35.0 Å². The summed E-state index contributed by atoms with van der Waals surface area (Å²) >= 11 is 6.04. The monoisotopic (exact) mass is 449 g/mol. The maximum Gasteiger partial charge on any atom is 0.229 e. The quantitative estimate of drug-likeness (QED) is 0.587. The van der Waals surface area contributed by atoms with Gasteiger partial charge in [-0.2, -0.15) is 4.98 Å². The minimum Gasteiger partial charge on any atom is -0.353 e. The van der Waals surface area contributed by atoms with Crippen molar-refractivity contribution in [3.8, 4) is 0 Å². The lowest BCUT2D eigenvalue weighted by Gasteiger charge is -2.35. The van der Waals surface area contributed by atoms with Crippen LogP contribution in [0.4, 0.5) is 17.5 Å². The van der Waals surface area contributed by atoms with Gasteiger partial charge in [0.2, 0.25) is 11.9 Å². The van der Waals surface area contributed by atoms with Crippen molar-refractivity contribution in [3.05, 3.63) is 76.4 Å². The summed E-state index contributed by atoms with van der Waals surface area (Å²) in [5.41, 5.74) is 4.17. The number of anilines is 3. The second-order valence-corrected chi connectivity index (χ2v) is 8.62. The summed E-state index contributed by atoms with van der Waals surface area (Å²) in [5.74, 6) is 1.66. The Bertz CT molecular complexity index is 1080. The van der Waals surface area contributed by atoms with Crippen LogP contribution < -0.4 is 10.2 Å². The fraction of sp³-hybridized carbons (Fsp3) is 0.320. The van der Waals surface area contributed by atoms with Crippen LogP contribution in [0.1, 0.15) is 23.2 Å². The Balaban J connectivity index is 1.33. The van der Waals surface area contributed by atoms with Crippen molar-refractivity contribution in [2.75, 3.05) is 36.4 Å². The lowest BCUT2D eigenvalue weighted by Crippen LogP contribution is -2.49. The number of nitrogens with zero attached hydrogens (tertiary/aromatic N) is 4. The molecule has 1 aliphatic heterocycles. The Kier molecular flexibility index (Phi) is 6.90. The third-order valence-electron chi connectivity index (χ3n) is 5.62. The Morgan fingerprint density at radius 1 is 1.00 bits per heavy atom. The number of aryl methyl sites for hydroxylation is 3. The van der Waals surface area contributed by atoms with Crippen LogP contribution in [-0.4, -0.2) is 47.0 Å². The molecule has 2 heterocycles. The number of amides is 1. The Hall–Kier alpha value is -3.12. The molecule has 0 bridgehead atoms. The molecular weight excluding hydrogens is 422 g/mol. The highest BCUT2D eigenvalue weighted by Crippen LogP contribution is 2.20. The zero-order valence-electron chi connectivity index (χ0n) is 18.5. The first-order chi connectivity index (χ1) is 15.5. The average Bonchev–Trinajstić information content (AvgIpc) is 2.79. The average molecular weight is 450 g/mol. The van der Waals surface area contributed by atoms with E-state index in [1.54, 1.807) is 0 Å². The van der Waals surface area contributed by atoms with Gasteiger partial charge in [0.05, 0.1) is 0 Å². The van der Waals surface area contributed by atoms with Gasteiger partial charge in [0.25, 0.3) is 0 Å². The Morgan fingerprint density at radius 2 is 1.75 bits per heavy atom. The molecule has 32 heavy (non-hydrogen) atoms. The molecule has 6 nitrogen and oxygen atoms in total. The number of carbonyl (C=O) groups excluding carboxylic acids is 1. The zero-order chi connectivity index (χ0) is 22.5. The largest absolute Gasteiger partial charge is 0.353 e. The summed E-state index contributed by atoms with van der Waals surface area (Å²) in [5, 5.41) is 4.00. The van der Waals surface area contributed by atoms with Gasteiger partial charge in [-0.25, -0.2) is 4.98 Å². The van der Waals surface area contributed by atoms with Crippen LogP contribution in [0.3, 0.4) is 0 Å². The van der Waals surface area contributed by atoms with E-state index in [1.165, 1.54) is 5.56 Å². The van der Waals surface area contributed by atoms with Gasteiger partial charge in [-0.15, -0.1) is 0 Å². The van der Waals surface area contributed by atoms with Crippen molar-refractivity contribution in [2.24, 2.45) is 0 Å². The smallest absolute Gasteiger partial charge is 0.229 e. The SMILES string of the molecule is Cc1ccc(Nc2nc(C)cc(N3CCN(C(=O)CCc4cccc(Cl)c4)CC3)n2)cc1. The van der Waals surface area contributed by atoms with E-state index in [9.17, 15) is 4.79 Å². The van der Waals surface area contributed by atoms with Gasteiger partial charge in [-0.3, -0.25) is 4.79 Å². The number of piperazine rings is 1. The molecule has 1 saturated heterocycles. The third-order valence-corrected chi connectivity index (χ3v) is 5.86. The van der Waals surface area contributed by atoms with Crippen LogP contribution in [0.2, 0.25) is 5.02 Å². The predicted octanol–water partition coefficient (Wildman–Crippen LogP) is 4.77. The number of benzene rings is 2. The van der Waals surface area contributed by atoms with E-state index in [0.717, 1.165) is 35.9 Å². The predicted molar refractivity (Wildman–Crippen MR) is 130 cm³/mol. The number of nitrogens with one attached hydrogen (secondary N) is 1. The second-order valence-electron chi connectivity index (χ2n) is 8.18. The summed E-state index contributed by atoms with van der Waals surface area (Å²) in [6.45, 7) is 6.93. The van der Waals surface area contributed by atoms with Crippen molar-refractivity contribution in [1.29, 1.82) is 0 Å². The van der Waals surface area contributed by atoms with E-state index in [0.29, 0.717) is 36.9 Å². The number of rotatable bonds is 6. The lowest BCUT2D eigenvalue weighted by molar-refractivity contribution is -0.131. The number of hydrogen-bond acceptors (Lipinski definition) is 5. The van der Waals surface area contributed by atoms with Gasteiger partial charge >= 0.3 is 0 Å². The molecule has 0 unspecified atom stereocenters. The minimum absolute atomic E-state index is 0.185. The van der Waals surface area contributed by atoms with E-state index < -0.39 is 0 Å². The fourth-order valence-electron chi connectivity index (χ4n) is 3.82. The number of carbonyl (C=O) groups is 1. The standard InChI is InChI=1S/C25H28ClN5O/c1-18-6-9-22(10-7-18)28-25-27-19(2)16-23(29-25)30-12-14-31(15-13-30)24(32)11-8-20-4-3-5-21(26)17-20/h3-7,9-10,16-17H,8,11-15H2,1-2H3,(H,27,28,29). The highest BCUT2D eigenvalue weighted by atomic mass is 35.5. The molecule has 0 saturated carbocycles. The topological polar surface area (TPSA) is 61.4 Å². The molecule has 1 fully saturated rings. The molecule has 0 radical (unpaired) electrons. The van der Waals surface area contributed by atoms with Crippen LogP contribution in [0.15, 0.2) is 54.6 Å². The number of hydrogen-bond donors (Lipinski definition) is 1. The molecule has 2 aromatic carbocycles. The number of aromatic nitrogens is 2. The van der Waals surface area contributed by atoms with Crippen molar-refractivity contribution in [1.82, 2.24) is 14.9 Å². The summed E-state index contributed by atoms with van der Waals surface area (Å²) in [7, 11) is 0. The van der Waals surface area contributed by atoms with Gasteiger partial charge < -0.3 is 15.1 Å². The highest BCUT2D eigenvalue weighted by Gasteiger charge is 2.22. The number of halogens is 1. The van der Waals surface area contributed by atoms with Crippen LogP contribution in [0.5, 0.6) is 0 Å². The van der Waals surface area contributed by atoms with Crippen molar-refractivity contribution in [2.45, 2.75) is 26.7 Å². The van der Waals surface area contributed by atoms with Crippen molar-refractivity contribution < 1.29 is 4.79 Å². The summed E-state index contributed by atoms with van der Waals surface area (Å²) in [6, 6.07) is 17.9. The maximum absolute atomic E-state index is 12.7. The van der Waals surface area contributed by atoms with Crippen LogP contribution in [0, 0.1) is 13.8 Å². The lowest BCUT2D eigenvalue weighted by atomic mass is 10.1. The van der Waals surface area contributed by atoms with Gasteiger partial charge in [-0.1, -0.05) is 41.4 Å². The molecule has 0 spiro atoms. The molecule has 1 aromatic heterocycles. The molecule has 0 aliphatic carbocycles. The molecule has 7 heteroatoms. The molecule has 1 amide bonds. The van der Waals surface area contributed by atoms with Gasteiger partial charge in [0, 0.05) is 55.1 Å². The Labute approximate surface area is 194 Å². The van der Waals surface area contributed by atoms with Crippen molar-refractivity contribution in [3.63, 3.8) is 0 Å². The van der Waals surface area contributed by atoms with E-state index in [1.807, 2.05) is 54.3 Å². The molecule has 4 rings (SSSR count). The first-order valence-electron chi connectivity index (χ1n) is 10.9. The molecule has 1 N–H and O–H groups in total. The normalized spacial score (nSPS) is 13.8. The first-order valence-corrected chi connectivity index (χ1v) is 11.3. The molecular formula is C25H28ClN5O. The summed E-state index contributed by atoms with van der Waals surface area (Å²) < 4.78 is 0. The summed E-state index contributed by atoms with van der Waals surface area (Å²) in [4.78, 5) is 26.1. The van der Waals surface area contributed by atoms with E-state index in [4.69, 9.17) is 16.6 Å². The van der Waals surface area contributed by atoms with E-state index in [-0.39, 0.29) is 5.91 Å². The summed E-state index contributed by atoms with van der Waals surface area (Å²) in [6.07, 6.45) is 1.20.